The van der Waals surface area contributed by atoms with Crippen LogP contribution in [0.5, 0.6) is 0 Å². The molecule has 192 valence electrons. The number of sulfonamides is 1. The van der Waals surface area contributed by atoms with Crippen LogP contribution in [0.1, 0.15) is 44.4 Å². The van der Waals surface area contributed by atoms with Gasteiger partial charge in [0.25, 0.3) is 0 Å². The van der Waals surface area contributed by atoms with Crippen LogP contribution in [-0.2, 0) is 26.2 Å². The lowest BCUT2D eigenvalue weighted by Gasteiger charge is -2.33. The van der Waals surface area contributed by atoms with Crippen LogP contribution in [0.25, 0.3) is 0 Å². The summed E-state index contributed by atoms with van der Waals surface area (Å²) in [6.45, 7) is 10.4. The van der Waals surface area contributed by atoms with Gasteiger partial charge in [-0.3, -0.25) is 13.9 Å². The highest BCUT2D eigenvalue weighted by Gasteiger charge is 2.32. The summed E-state index contributed by atoms with van der Waals surface area (Å²) in [5.41, 5.74) is 2.21. The van der Waals surface area contributed by atoms with E-state index in [1.807, 2.05) is 33.8 Å². The van der Waals surface area contributed by atoms with E-state index in [2.05, 4.69) is 5.32 Å². The Labute approximate surface area is 218 Å². The lowest BCUT2D eigenvalue weighted by molar-refractivity contribution is -0.140. The first-order chi connectivity index (χ1) is 16.0. The molecule has 0 saturated heterocycles. The largest absolute Gasteiger partial charge is 0.350 e. The molecular formula is C25H33Cl2N3O4S. The fourth-order valence-corrected chi connectivity index (χ4v) is 4.71. The van der Waals surface area contributed by atoms with Gasteiger partial charge in [-0.15, -0.1) is 0 Å². The van der Waals surface area contributed by atoms with Gasteiger partial charge in [0.15, 0.2) is 0 Å². The van der Waals surface area contributed by atoms with E-state index in [9.17, 15) is 18.0 Å². The first-order valence-corrected chi connectivity index (χ1v) is 13.7. The molecule has 0 fully saturated rings. The SMILES string of the molecule is Cc1cccc(N(CC(=O)N(Cc2ccc(Cl)c(Cl)c2)[C@@H](C)C(=O)NC(C)(C)C)S(C)(=O)=O)c1C. The van der Waals surface area contributed by atoms with Gasteiger partial charge in [-0.1, -0.05) is 41.4 Å². The second kappa shape index (κ2) is 11.2. The van der Waals surface area contributed by atoms with E-state index in [1.165, 1.54) is 4.90 Å². The number of aryl methyl sites for hydroxylation is 1. The van der Waals surface area contributed by atoms with Crippen molar-refractivity contribution in [1.29, 1.82) is 0 Å². The van der Waals surface area contributed by atoms with Crippen molar-refractivity contribution in [2.45, 2.75) is 59.7 Å². The first kappa shape index (κ1) is 28.9. The molecule has 0 aliphatic rings. The number of carbonyl (C=O) groups excluding carboxylic acids is 2. The Balaban J connectivity index is 2.47. The molecule has 35 heavy (non-hydrogen) atoms. The van der Waals surface area contributed by atoms with Crippen LogP contribution < -0.4 is 9.62 Å². The Morgan fingerprint density at radius 2 is 1.69 bits per heavy atom. The smallest absolute Gasteiger partial charge is 0.244 e. The number of benzene rings is 2. The van der Waals surface area contributed by atoms with Crippen molar-refractivity contribution in [3.8, 4) is 0 Å². The van der Waals surface area contributed by atoms with E-state index in [0.29, 0.717) is 21.3 Å². The summed E-state index contributed by atoms with van der Waals surface area (Å²) in [7, 11) is -3.80. The van der Waals surface area contributed by atoms with E-state index in [1.54, 1.807) is 44.2 Å². The normalized spacial score (nSPS) is 12.7. The van der Waals surface area contributed by atoms with Crippen LogP contribution in [-0.4, -0.2) is 49.5 Å². The van der Waals surface area contributed by atoms with Crippen LogP contribution in [0.2, 0.25) is 10.0 Å². The van der Waals surface area contributed by atoms with Gasteiger partial charge in [0.1, 0.15) is 12.6 Å². The molecule has 1 atom stereocenters. The maximum Gasteiger partial charge on any atom is 0.244 e. The van der Waals surface area contributed by atoms with Crippen LogP contribution in [0.3, 0.4) is 0 Å². The van der Waals surface area contributed by atoms with Crippen molar-refractivity contribution < 1.29 is 18.0 Å². The Morgan fingerprint density at radius 3 is 2.23 bits per heavy atom. The standard InChI is InChI=1S/C25H33Cl2N3O4S/c1-16-9-8-10-22(17(16)2)30(35(7,33)34)15-23(31)29(18(3)24(32)28-25(4,5)6)14-19-11-12-20(26)21(27)13-19/h8-13,18H,14-15H2,1-7H3,(H,28,32)/t18-/m0/s1. The van der Waals surface area contributed by atoms with Gasteiger partial charge in [-0.05, 0) is 76.4 Å². The summed E-state index contributed by atoms with van der Waals surface area (Å²) in [5, 5.41) is 3.56. The molecule has 0 saturated carbocycles. The lowest BCUT2D eigenvalue weighted by atomic mass is 10.1. The minimum Gasteiger partial charge on any atom is -0.350 e. The highest BCUT2D eigenvalue weighted by Crippen LogP contribution is 2.26. The van der Waals surface area contributed by atoms with Crippen molar-refractivity contribution >= 4 is 50.7 Å². The average Bonchev–Trinajstić information content (AvgIpc) is 2.72. The van der Waals surface area contributed by atoms with Gasteiger partial charge < -0.3 is 10.2 Å². The zero-order valence-electron chi connectivity index (χ0n) is 21.1. The number of hydrogen-bond acceptors (Lipinski definition) is 4. The van der Waals surface area contributed by atoms with Crippen LogP contribution in [0.15, 0.2) is 36.4 Å². The maximum absolute atomic E-state index is 13.6. The Hall–Kier alpha value is -2.29. The van der Waals surface area contributed by atoms with Crippen molar-refractivity contribution in [3.63, 3.8) is 0 Å². The number of nitrogens with one attached hydrogen (secondary N) is 1. The minimum absolute atomic E-state index is 0.0405. The van der Waals surface area contributed by atoms with Crippen molar-refractivity contribution in [2.24, 2.45) is 0 Å². The van der Waals surface area contributed by atoms with Crippen molar-refractivity contribution in [3.05, 3.63) is 63.1 Å². The van der Waals surface area contributed by atoms with E-state index in [4.69, 9.17) is 23.2 Å². The van der Waals surface area contributed by atoms with E-state index >= 15 is 0 Å². The number of rotatable bonds is 8. The molecule has 0 heterocycles. The monoisotopic (exact) mass is 541 g/mol. The van der Waals surface area contributed by atoms with E-state index in [0.717, 1.165) is 21.7 Å². The summed E-state index contributed by atoms with van der Waals surface area (Å²) < 4.78 is 26.5. The first-order valence-electron chi connectivity index (χ1n) is 11.1. The van der Waals surface area contributed by atoms with Gasteiger partial charge in [0.05, 0.1) is 22.0 Å². The lowest BCUT2D eigenvalue weighted by Crippen LogP contribution is -2.54. The number of hydrogen-bond donors (Lipinski definition) is 1. The number of halogens is 2. The van der Waals surface area contributed by atoms with Crippen molar-refractivity contribution in [2.75, 3.05) is 17.1 Å². The highest BCUT2D eigenvalue weighted by molar-refractivity contribution is 7.92. The predicted octanol–water partition coefficient (Wildman–Crippen LogP) is 4.71. The highest BCUT2D eigenvalue weighted by atomic mass is 35.5. The molecule has 7 nitrogen and oxygen atoms in total. The molecule has 2 aromatic carbocycles. The van der Waals surface area contributed by atoms with E-state index < -0.39 is 34.1 Å². The third kappa shape index (κ3) is 7.85. The summed E-state index contributed by atoms with van der Waals surface area (Å²) in [5.74, 6) is -0.887. The van der Waals surface area contributed by atoms with Crippen molar-refractivity contribution in [1.82, 2.24) is 10.2 Å². The molecule has 0 radical (unpaired) electrons. The molecule has 2 aromatic rings. The Bertz CT molecular complexity index is 1210. The molecule has 10 heteroatoms. The van der Waals surface area contributed by atoms with Gasteiger partial charge in [0, 0.05) is 12.1 Å². The summed E-state index contributed by atoms with van der Waals surface area (Å²) in [6, 6.07) is 9.34. The second-order valence-electron chi connectivity index (χ2n) is 9.67. The van der Waals surface area contributed by atoms with Gasteiger partial charge in [-0.25, -0.2) is 8.42 Å². The Morgan fingerprint density at radius 1 is 1.06 bits per heavy atom. The second-order valence-corrected chi connectivity index (χ2v) is 12.4. The molecule has 0 aliphatic carbocycles. The third-order valence-electron chi connectivity index (χ3n) is 5.53. The minimum atomic E-state index is -3.80. The Kier molecular flexibility index (Phi) is 9.25. The third-order valence-corrected chi connectivity index (χ3v) is 7.39. The van der Waals surface area contributed by atoms with Crippen LogP contribution in [0.4, 0.5) is 5.69 Å². The van der Waals surface area contributed by atoms with Crippen LogP contribution >= 0.6 is 23.2 Å². The number of nitrogens with zero attached hydrogens (tertiary/aromatic N) is 2. The molecule has 0 aliphatic heterocycles. The average molecular weight is 543 g/mol. The molecule has 0 spiro atoms. The van der Waals surface area contributed by atoms with Gasteiger partial charge in [0.2, 0.25) is 21.8 Å². The number of anilines is 1. The number of amides is 2. The molecular weight excluding hydrogens is 509 g/mol. The van der Waals surface area contributed by atoms with Gasteiger partial charge in [-0.2, -0.15) is 0 Å². The zero-order chi connectivity index (χ0) is 26.7. The van der Waals surface area contributed by atoms with Gasteiger partial charge >= 0.3 is 0 Å². The summed E-state index contributed by atoms with van der Waals surface area (Å²) in [4.78, 5) is 28.0. The molecule has 0 bridgehead atoms. The summed E-state index contributed by atoms with van der Waals surface area (Å²) in [6.07, 6.45) is 1.06. The predicted molar refractivity (Wildman–Crippen MR) is 142 cm³/mol. The quantitative estimate of drug-likeness (QED) is 0.524. The number of carbonyl (C=O) groups is 2. The van der Waals surface area contributed by atoms with Crippen LogP contribution in [0, 0.1) is 13.8 Å². The molecule has 1 N–H and O–H groups in total. The topological polar surface area (TPSA) is 86.8 Å². The maximum atomic E-state index is 13.6. The van der Waals surface area contributed by atoms with E-state index in [-0.39, 0.29) is 12.5 Å². The molecule has 0 aromatic heterocycles. The fraction of sp³-hybridized carbons (Fsp3) is 0.440. The molecule has 0 unspecified atom stereocenters. The fourth-order valence-electron chi connectivity index (χ4n) is 3.49. The zero-order valence-corrected chi connectivity index (χ0v) is 23.5. The molecule has 2 rings (SSSR count). The molecule has 2 amide bonds. The summed E-state index contributed by atoms with van der Waals surface area (Å²) >= 11 is 12.2.